The maximum atomic E-state index is 4.39. The number of anilines is 1. The fourth-order valence-corrected chi connectivity index (χ4v) is 2.27. The number of aromatic nitrogens is 1. The van der Waals surface area contributed by atoms with Gasteiger partial charge in [-0.05, 0) is 24.3 Å². The van der Waals surface area contributed by atoms with E-state index in [2.05, 4.69) is 39.5 Å². The van der Waals surface area contributed by atoms with Crippen LogP contribution in [0.3, 0.4) is 0 Å². The van der Waals surface area contributed by atoms with Crippen molar-refractivity contribution in [3.8, 4) is 0 Å². The third-order valence-electron chi connectivity index (χ3n) is 3.08. The Morgan fingerprint density at radius 2 is 1.65 bits per heavy atom. The number of benzene rings is 1. The number of nitrogens with zero attached hydrogens (tertiary/aromatic N) is 2. The summed E-state index contributed by atoms with van der Waals surface area (Å²) in [5.41, 5.74) is 2.39. The molecule has 1 aliphatic rings. The lowest BCUT2D eigenvalue weighted by atomic mass is 10.1. The Hall–Kier alpha value is -1.61. The van der Waals surface area contributed by atoms with Crippen LogP contribution < -0.4 is 10.2 Å². The summed E-state index contributed by atoms with van der Waals surface area (Å²) >= 11 is 0. The van der Waals surface area contributed by atoms with Crippen molar-refractivity contribution in [2.45, 2.75) is 27.7 Å². The number of piperazine rings is 1. The van der Waals surface area contributed by atoms with Crippen LogP contribution in [0.4, 0.5) is 5.69 Å². The van der Waals surface area contributed by atoms with Crippen LogP contribution in [0.2, 0.25) is 0 Å². The van der Waals surface area contributed by atoms with Crippen molar-refractivity contribution >= 4 is 16.6 Å². The molecule has 0 radical (unpaired) electrons. The highest BCUT2D eigenvalue weighted by Crippen LogP contribution is 2.25. The monoisotopic (exact) mass is 273 g/mol. The van der Waals surface area contributed by atoms with E-state index in [1.54, 1.807) is 0 Å². The number of pyridine rings is 1. The molecule has 0 aliphatic carbocycles. The molecule has 1 N–H and O–H groups in total. The Morgan fingerprint density at radius 3 is 2.35 bits per heavy atom. The molecule has 1 aromatic carbocycles. The topological polar surface area (TPSA) is 28.2 Å². The summed E-state index contributed by atoms with van der Waals surface area (Å²) < 4.78 is 0. The number of hydrogen-bond donors (Lipinski definition) is 1. The smallest absolute Gasteiger partial charge is 0.0722 e. The van der Waals surface area contributed by atoms with E-state index in [0.717, 1.165) is 31.7 Å². The molecule has 0 saturated carbocycles. The summed E-state index contributed by atoms with van der Waals surface area (Å²) in [7, 11) is 0. The van der Waals surface area contributed by atoms with E-state index in [0.29, 0.717) is 0 Å². The van der Waals surface area contributed by atoms with Crippen LogP contribution in [-0.4, -0.2) is 31.2 Å². The van der Waals surface area contributed by atoms with Crippen molar-refractivity contribution in [2.75, 3.05) is 31.1 Å². The molecule has 110 valence electrons. The second-order valence-electron chi connectivity index (χ2n) is 4.08. The Balaban J connectivity index is 0.000000461. The zero-order valence-corrected chi connectivity index (χ0v) is 13.2. The third-order valence-corrected chi connectivity index (χ3v) is 3.08. The lowest BCUT2D eigenvalue weighted by Gasteiger charge is -2.30. The van der Waals surface area contributed by atoms with Gasteiger partial charge in [0.1, 0.15) is 0 Å². The standard InChI is InChI=1S/C13H15N3.2C2H6/c1-4-12-11(3-2-6-15-12)13(5-1)16-9-7-14-8-10-16;2*1-2/h1-6,14H,7-10H2;2*1-2H3. The second kappa shape index (κ2) is 9.32. The minimum Gasteiger partial charge on any atom is -0.368 e. The van der Waals surface area contributed by atoms with Crippen LogP contribution in [0.15, 0.2) is 36.5 Å². The van der Waals surface area contributed by atoms with Crippen LogP contribution in [0.1, 0.15) is 27.7 Å². The van der Waals surface area contributed by atoms with Gasteiger partial charge in [-0.3, -0.25) is 4.98 Å². The zero-order valence-electron chi connectivity index (χ0n) is 13.2. The maximum absolute atomic E-state index is 4.39. The molecule has 3 nitrogen and oxygen atoms in total. The van der Waals surface area contributed by atoms with E-state index < -0.39 is 0 Å². The van der Waals surface area contributed by atoms with Crippen molar-refractivity contribution in [3.63, 3.8) is 0 Å². The third kappa shape index (κ3) is 3.94. The van der Waals surface area contributed by atoms with Gasteiger partial charge in [0.05, 0.1) is 5.52 Å². The highest BCUT2D eigenvalue weighted by atomic mass is 15.2. The quantitative estimate of drug-likeness (QED) is 0.858. The lowest BCUT2D eigenvalue weighted by molar-refractivity contribution is 0.590. The highest BCUT2D eigenvalue weighted by molar-refractivity contribution is 5.91. The highest BCUT2D eigenvalue weighted by Gasteiger charge is 2.12. The van der Waals surface area contributed by atoms with Gasteiger partial charge in [0.15, 0.2) is 0 Å². The van der Waals surface area contributed by atoms with Crippen molar-refractivity contribution < 1.29 is 0 Å². The normalized spacial score (nSPS) is 13.9. The van der Waals surface area contributed by atoms with Gasteiger partial charge >= 0.3 is 0 Å². The summed E-state index contributed by atoms with van der Waals surface area (Å²) in [6, 6.07) is 10.5. The molecule has 1 aromatic heterocycles. The molecule has 0 spiro atoms. The molecule has 2 heterocycles. The molecule has 3 rings (SSSR count). The molecule has 1 saturated heterocycles. The van der Waals surface area contributed by atoms with Crippen LogP contribution >= 0.6 is 0 Å². The first-order chi connectivity index (χ1) is 9.95. The van der Waals surface area contributed by atoms with Crippen LogP contribution in [0.5, 0.6) is 0 Å². The van der Waals surface area contributed by atoms with Crippen LogP contribution in [0, 0.1) is 0 Å². The first kappa shape index (κ1) is 16.4. The lowest BCUT2D eigenvalue weighted by Crippen LogP contribution is -2.43. The molecule has 0 unspecified atom stereocenters. The fourth-order valence-electron chi connectivity index (χ4n) is 2.27. The average Bonchev–Trinajstić information content (AvgIpc) is 2.59. The molecule has 2 aromatic rings. The summed E-state index contributed by atoms with van der Waals surface area (Å²) in [6.07, 6.45) is 1.85. The predicted molar refractivity (Wildman–Crippen MR) is 89.5 cm³/mol. The van der Waals surface area contributed by atoms with Crippen LogP contribution in [-0.2, 0) is 0 Å². The van der Waals surface area contributed by atoms with Crippen molar-refractivity contribution in [1.82, 2.24) is 10.3 Å². The Kier molecular flexibility index (Phi) is 7.66. The van der Waals surface area contributed by atoms with Gasteiger partial charge in [-0.15, -0.1) is 0 Å². The van der Waals surface area contributed by atoms with Gasteiger partial charge in [0.2, 0.25) is 0 Å². The molecule has 0 amide bonds. The van der Waals surface area contributed by atoms with Gasteiger partial charge < -0.3 is 10.2 Å². The summed E-state index contributed by atoms with van der Waals surface area (Å²) in [5.74, 6) is 0. The minimum atomic E-state index is 1.07. The number of hydrogen-bond acceptors (Lipinski definition) is 3. The fraction of sp³-hybridized carbons (Fsp3) is 0.471. The summed E-state index contributed by atoms with van der Waals surface area (Å²) in [4.78, 5) is 6.83. The largest absolute Gasteiger partial charge is 0.368 e. The van der Waals surface area contributed by atoms with Crippen molar-refractivity contribution in [2.24, 2.45) is 0 Å². The molecule has 0 atom stereocenters. The molecular formula is C17H27N3. The van der Waals surface area contributed by atoms with E-state index in [1.165, 1.54) is 11.1 Å². The van der Waals surface area contributed by atoms with Gasteiger partial charge in [0, 0.05) is 43.4 Å². The first-order valence-electron chi connectivity index (χ1n) is 7.74. The molecule has 1 aliphatic heterocycles. The zero-order chi connectivity index (χ0) is 14.8. The van der Waals surface area contributed by atoms with E-state index in [-0.39, 0.29) is 0 Å². The maximum Gasteiger partial charge on any atom is 0.0722 e. The second-order valence-corrected chi connectivity index (χ2v) is 4.08. The van der Waals surface area contributed by atoms with Gasteiger partial charge in [-0.25, -0.2) is 0 Å². The number of nitrogens with one attached hydrogen (secondary N) is 1. The van der Waals surface area contributed by atoms with Gasteiger partial charge in [-0.1, -0.05) is 33.8 Å². The Labute approximate surface area is 123 Å². The number of fused-ring (bicyclic) bond motifs is 1. The summed E-state index contributed by atoms with van der Waals surface area (Å²) in [6.45, 7) is 12.3. The molecule has 0 bridgehead atoms. The van der Waals surface area contributed by atoms with Crippen molar-refractivity contribution in [3.05, 3.63) is 36.5 Å². The van der Waals surface area contributed by atoms with Crippen molar-refractivity contribution in [1.29, 1.82) is 0 Å². The molecule has 1 fully saturated rings. The summed E-state index contributed by atoms with van der Waals surface area (Å²) in [5, 5.41) is 4.63. The Bertz CT molecular complexity index is 485. The van der Waals surface area contributed by atoms with Gasteiger partial charge in [-0.2, -0.15) is 0 Å². The SMILES string of the molecule is CC.CC.c1cc(N2CCNCC2)c2cccnc2c1. The van der Waals surface area contributed by atoms with E-state index in [1.807, 2.05) is 40.0 Å². The molecule has 20 heavy (non-hydrogen) atoms. The Morgan fingerprint density at radius 1 is 0.950 bits per heavy atom. The van der Waals surface area contributed by atoms with E-state index in [4.69, 9.17) is 0 Å². The minimum absolute atomic E-state index is 1.07. The number of rotatable bonds is 1. The molecule has 3 heteroatoms. The molecular weight excluding hydrogens is 246 g/mol. The van der Waals surface area contributed by atoms with Crippen LogP contribution in [0.25, 0.3) is 10.9 Å². The van der Waals surface area contributed by atoms with E-state index >= 15 is 0 Å². The van der Waals surface area contributed by atoms with E-state index in [9.17, 15) is 0 Å². The average molecular weight is 273 g/mol. The first-order valence-corrected chi connectivity index (χ1v) is 7.74. The predicted octanol–water partition coefficient (Wildman–Crippen LogP) is 3.70. The van der Waals surface area contributed by atoms with Gasteiger partial charge in [0.25, 0.3) is 0 Å².